The van der Waals surface area contributed by atoms with E-state index in [0.29, 0.717) is 5.92 Å². The van der Waals surface area contributed by atoms with E-state index in [1.54, 1.807) is 0 Å². The van der Waals surface area contributed by atoms with Crippen molar-refractivity contribution in [3.05, 3.63) is 34.6 Å². The van der Waals surface area contributed by atoms with Crippen LogP contribution in [0.3, 0.4) is 0 Å². The Morgan fingerprint density at radius 2 is 2.06 bits per heavy atom. The highest BCUT2D eigenvalue weighted by Gasteiger charge is 2.22. The van der Waals surface area contributed by atoms with Crippen LogP contribution < -0.4 is 0 Å². The Labute approximate surface area is 114 Å². The Morgan fingerprint density at radius 3 is 2.78 bits per heavy atom. The molecule has 1 aromatic heterocycles. The molecule has 0 radical (unpaired) electrons. The Morgan fingerprint density at radius 1 is 1.28 bits per heavy atom. The van der Waals surface area contributed by atoms with Crippen LogP contribution in [0.4, 0.5) is 0 Å². The van der Waals surface area contributed by atoms with Gasteiger partial charge in [0.25, 0.3) is 0 Å². The van der Waals surface area contributed by atoms with Crippen LogP contribution in [0.2, 0.25) is 0 Å². The minimum Gasteiger partial charge on any atom is -0.396 e. The monoisotopic (exact) mass is 307 g/mol. The molecular weight excluding hydrogens is 294 g/mol. The van der Waals surface area contributed by atoms with E-state index < -0.39 is 0 Å². The summed E-state index contributed by atoms with van der Waals surface area (Å²) in [6.45, 7) is 1.12. The van der Waals surface area contributed by atoms with Crippen molar-refractivity contribution in [2.75, 3.05) is 6.61 Å². The van der Waals surface area contributed by atoms with Crippen LogP contribution in [0.1, 0.15) is 12.2 Å². The maximum absolute atomic E-state index is 9.21. The molecule has 0 saturated carbocycles. The first-order chi connectivity index (χ1) is 8.78. The highest BCUT2D eigenvalue weighted by atomic mass is 79.9. The van der Waals surface area contributed by atoms with Gasteiger partial charge in [-0.1, -0.05) is 28.1 Å². The lowest BCUT2D eigenvalue weighted by Crippen LogP contribution is -2.22. The van der Waals surface area contributed by atoms with Crippen molar-refractivity contribution in [1.82, 2.24) is 14.8 Å². The van der Waals surface area contributed by atoms with Crippen LogP contribution in [0, 0.1) is 5.92 Å². The lowest BCUT2D eigenvalue weighted by Gasteiger charge is -2.21. The van der Waals surface area contributed by atoms with Crippen molar-refractivity contribution in [3.8, 4) is 11.4 Å². The van der Waals surface area contributed by atoms with Gasteiger partial charge in [-0.05, 0) is 24.5 Å². The number of aromatic nitrogens is 3. The fraction of sp³-hybridized carbons (Fsp3) is 0.385. The molecule has 1 aliphatic heterocycles. The Hall–Kier alpha value is -1.20. The number of fused-ring (bicyclic) bond motifs is 1. The molecule has 18 heavy (non-hydrogen) atoms. The van der Waals surface area contributed by atoms with Gasteiger partial charge in [-0.25, -0.2) is 0 Å². The van der Waals surface area contributed by atoms with E-state index in [0.717, 1.165) is 41.1 Å². The van der Waals surface area contributed by atoms with E-state index in [1.165, 1.54) is 0 Å². The van der Waals surface area contributed by atoms with Crippen molar-refractivity contribution in [2.24, 2.45) is 5.92 Å². The summed E-state index contributed by atoms with van der Waals surface area (Å²) < 4.78 is 3.22. The molecule has 94 valence electrons. The Bertz CT molecular complexity index is 550. The first-order valence-corrected chi connectivity index (χ1v) is 6.86. The Kier molecular flexibility index (Phi) is 3.18. The molecule has 0 bridgehead atoms. The van der Waals surface area contributed by atoms with Gasteiger partial charge in [-0.3, -0.25) is 0 Å². The molecule has 0 spiro atoms. The van der Waals surface area contributed by atoms with Crippen LogP contribution >= 0.6 is 15.9 Å². The van der Waals surface area contributed by atoms with Gasteiger partial charge in [0.15, 0.2) is 5.82 Å². The number of halogens is 1. The largest absolute Gasteiger partial charge is 0.396 e. The summed E-state index contributed by atoms with van der Waals surface area (Å²) in [7, 11) is 0. The molecule has 3 rings (SSSR count). The van der Waals surface area contributed by atoms with Gasteiger partial charge in [0, 0.05) is 29.6 Å². The standard InChI is InChI=1S/C13H14BrN3O/c14-11-3-1-10(2-4-11)13-16-15-12-7-9(8-18)5-6-17(12)13/h1-4,9,18H,5-8H2. The highest BCUT2D eigenvalue weighted by Crippen LogP contribution is 2.26. The lowest BCUT2D eigenvalue weighted by molar-refractivity contribution is 0.199. The maximum Gasteiger partial charge on any atom is 0.163 e. The minimum absolute atomic E-state index is 0.237. The van der Waals surface area contributed by atoms with E-state index in [9.17, 15) is 5.11 Å². The molecule has 1 aliphatic rings. The number of aliphatic hydroxyl groups excluding tert-OH is 1. The average Bonchev–Trinajstić information content (AvgIpc) is 2.82. The third-order valence-electron chi connectivity index (χ3n) is 3.42. The predicted octanol–water partition coefficient (Wildman–Crippen LogP) is 2.26. The van der Waals surface area contributed by atoms with Crippen LogP contribution in [-0.2, 0) is 13.0 Å². The zero-order valence-corrected chi connectivity index (χ0v) is 11.5. The van der Waals surface area contributed by atoms with Gasteiger partial charge in [-0.15, -0.1) is 10.2 Å². The van der Waals surface area contributed by atoms with Gasteiger partial charge >= 0.3 is 0 Å². The van der Waals surface area contributed by atoms with Crippen molar-refractivity contribution in [3.63, 3.8) is 0 Å². The quantitative estimate of drug-likeness (QED) is 0.926. The normalized spacial score (nSPS) is 18.7. The highest BCUT2D eigenvalue weighted by molar-refractivity contribution is 9.10. The molecule has 1 N–H and O–H groups in total. The summed E-state index contributed by atoms with van der Waals surface area (Å²) in [6, 6.07) is 8.10. The number of nitrogens with zero attached hydrogens (tertiary/aromatic N) is 3. The molecule has 1 unspecified atom stereocenters. The van der Waals surface area contributed by atoms with Crippen LogP contribution in [0.15, 0.2) is 28.7 Å². The van der Waals surface area contributed by atoms with Crippen LogP contribution in [0.5, 0.6) is 0 Å². The molecule has 0 fully saturated rings. The van der Waals surface area contributed by atoms with Gasteiger partial charge in [0.2, 0.25) is 0 Å². The molecule has 1 atom stereocenters. The third-order valence-corrected chi connectivity index (χ3v) is 3.95. The average molecular weight is 308 g/mol. The van der Waals surface area contributed by atoms with Gasteiger partial charge in [-0.2, -0.15) is 0 Å². The molecular formula is C13H14BrN3O. The number of benzene rings is 1. The minimum atomic E-state index is 0.237. The van der Waals surface area contributed by atoms with Gasteiger partial charge in [0.1, 0.15) is 5.82 Å². The summed E-state index contributed by atoms with van der Waals surface area (Å²) in [4.78, 5) is 0. The second-order valence-electron chi connectivity index (χ2n) is 4.64. The first-order valence-electron chi connectivity index (χ1n) is 6.07. The van der Waals surface area contributed by atoms with Crippen molar-refractivity contribution in [1.29, 1.82) is 0 Å². The van der Waals surface area contributed by atoms with E-state index >= 15 is 0 Å². The van der Waals surface area contributed by atoms with E-state index in [1.807, 2.05) is 24.3 Å². The SMILES string of the molecule is OCC1CCn2c(nnc2-c2ccc(Br)cc2)C1. The van der Waals surface area contributed by atoms with Crippen molar-refractivity contribution < 1.29 is 5.11 Å². The zero-order chi connectivity index (χ0) is 12.5. The predicted molar refractivity (Wildman–Crippen MR) is 72.1 cm³/mol. The lowest BCUT2D eigenvalue weighted by atomic mass is 9.99. The molecule has 4 nitrogen and oxygen atoms in total. The molecule has 0 aliphatic carbocycles. The molecule has 0 amide bonds. The van der Waals surface area contributed by atoms with Crippen molar-refractivity contribution >= 4 is 15.9 Å². The summed E-state index contributed by atoms with van der Waals surface area (Å²) in [5.74, 6) is 2.24. The fourth-order valence-corrected chi connectivity index (χ4v) is 2.63. The number of hydrogen-bond acceptors (Lipinski definition) is 3. The molecule has 2 heterocycles. The fourth-order valence-electron chi connectivity index (χ4n) is 2.36. The summed E-state index contributed by atoms with van der Waals surface area (Å²) in [5.41, 5.74) is 1.08. The topological polar surface area (TPSA) is 50.9 Å². The molecule has 0 saturated heterocycles. The summed E-state index contributed by atoms with van der Waals surface area (Å²) >= 11 is 3.43. The third kappa shape index (κ3) is 2.08. The maximum atomic E-state index is 9.21. The van der Waals surface area contributed by atoms with E-state index in [2.05, 4.69) is 30.7 Å². The molecule has 5 heteroatoms. The Balaban J connectivity index is 1.96. The van der Waals surface area contributed by atoms with Gasteiger partial charge < -0.3 is 9.67 Å². The second-order valence-corrected chi connectivity index (χ2v) is 5.56. The molecule has 2 aromatic rings. The number of aliphatic hydroxyl groups is 1. The number of rotatable bonds is 2. The van der Waals surface area contributed by atoms with Crippen LogP contribution in [0.25, 0.3) is 11.4 Å². The zero-order valence-electron chi connectivity index (χ0n) is 9.88. The van der Waals surface area contributed by atoms with Gasteiger partial charge in [0.05, 0.1) is 0 Å². The summed E-state index contributed by atoms with van der Waals surface area (Å²) in [6.07, 6.45) is 1.81. The van der Waals surface area contributed by atoms with Crippen molar-refractivity contribution in [2.45, 2.75) is 19.4 Å². The van der Waals surface area contributed by atoms with E-state index in [4.69, 9.17) is 0 Å². The molecule has 1 aromatic carbocycles. The smallest absolute Gasteiger partial charge is 0.163 e. The second kappa shape index (κ2) is 4.82. The first kappa shape index (κ1) is 11.9. The number of hydrogen-bond donors (Lipinski definition) is 1. The summed E-state index contributed by atoms with van der Waals surface area (Å²) in [5, 5.41) is 17.7. The van der Waals surface area contributed by atoms with E-state index in [-0.39, 0.29) is 6.61 Å². The van der Waals surface area contributed by atoms with Crippen LogP contribution in [-0.4, -0.2) is 26.5 Å².